The Balaban J connectivity index is 3.08. The number of nitrogens with zero attached hydrogens (tertiary/aromatic N) is 1. The van der Waals surface area contributed by atoms with Gasteiger partial charge in [-0.1, -0.05) is 0 Å². The minimum absolute atomic E-state index is 0.527. The molecule has 1 aromatic rings. The van der Waals surface area contributed by atoms with Gasteiger partial charge in [-0.2, -0.15) is 4.40 Å². The lowest BCUT2D eigenvalue weighted by atomic mass is 10.2. The molecule has 0 amide bonds. The van der Waals surface area contributed by atoms with Gasteiger partial charge in [-0.05, 0) is 44.5 Å². The van der Waals surface area contributed by atoms with Gasteiger partial charge in [0.1, 0.15) is 0 Å². The molecule has 1 aromatic carbocycles. The van der Waals surface area contributed by atoms with E-state index in [4.69, 9.17) is 9.47 Å². The molecule has 0 heterocycles. The van der Waals surface area contributed by atoms with Crippen LogP contribution >= 0.6 is 0 Å². The summed E-state index contributed by atoms with van der Waals surface area (Å²) in [6.07, 6.45) is 1.31. The maximum Gasteiger partial charge on any atom is 0.258 e. The smallest absolute Gasteiger partial charge is 0.258 e. The lowest BCUT2D eigenvalue weighted by Crippen LogP contribution is -2.25. The van der Waals surface area contributed by atoms with E-state index in [2.05, 4.69) is 4.40 Å². The van der Waals surface area contributed by atoms with Gasteiger partial charge in [0, 0.05) is 6.21 Å². The maximum atomic E-state index is 11.8. The van der Waals surface area contributed by atoms with E-state index in [0.717, 1.165) is 0 Å². The van der Waals surface area contributed by atoms with Crippen molar-refractivity contribution >= 4 is 16.2 Å². The van der Waals surface area contributed by atoms with Crippen molar-refractivity contribution in [3.05, 3.63) is 23.8 Å². The van der Waals surface area contributed by atoms with Crippen LogP contribution in [0.3, 0.4) is 0 Å². The summed E-state index contributed by atoms with van der Waals surface area (Å²) in [4.78, 5) is 0. The zero-order valence-electron chi connectivity index (χ0n) is 11.8. The van der Waals surface area contributed by atoms with E-state index < -0.39 is 14.8 Å². The first-order valence-electron chi connectivity index (χ1n) is 5.73. The molecule has 0 spiro atoms. The van der Waals surface area contributed by atoms with Crippen LogP contribution in [0.4, 0.5) is 0 Å². The largest absolute Gasteiger partial charge is 0.493 e. The fourth-order valence-electron chi connectivity index (χ4n) is 1.22. The van der Waals surface area contributed by atoms with Gasteiger partial charge in [0.2, 0.25) is 0 Å². The molecule has 1 rings (SSSR count). The predicted molar refractivity (Wildman–Crippen MR) is 75.8 cm³/mol. The van der Waals surface area contributed by atoms with Crippen molar-refractivity contribution < 1.29 is 17.9 Å². The summed E-state index contributed by atoms with van der Waals surface area (Å²) in [5.41, 5.74) is 0.630. The highest BCUT2D eigenvalue weighted by molar-refractivity contribution is 7.91. The molecule has 106 valence electrons. The molecule has 0 saturated heterocycles. The number of hydrogen-bond acceptors (Lipinski definition) is 4. The lowest BCUT2D eigenvalue weighted by molar-refractivity contribution is 0.355. The summed E-state index contributed by atoms with van der Waals surface area (Å²) < 4.78 is 36.7. The van der Waals surface area contributed by atoms with Crippen molar-refractivity contribution in [1.29, 1.82) is 0 Å². The Labute approximate surface area is 114 Å². The Morgan fingerprint density at radius 2 is 1.68 bits per heavy atom. The van der Waals surface area contributed by atoms with E-state index in [1.54, 1.807) is 39.0 Å². The third-order valence-electron chi connectivity index (χ3n) is 2.52. The fourth-order valence-corrected chi connectivity index (χ4v) is 1.80. The third kappa shape index (κ3) is 3.70. The van der Waals surface area contributed by atoms with Crippen molar-refractivity contribution in [2.24, 2.45) is 4.40 Å². The molecule has 0 aromatic heterocycles. The molecule has 0 aliphatic carbocycles. The topological polar surface area (TPSA) is 65.0 Å². The normalized spacial score (nSPS) is 12.7. The van der Waals surface area contributed by atoms with E-state index in [9.17, 15) is 8.42 Å². The summed E-state index contributed by atoms with van der Waals surface area (Å²) in [6.45, 7) is 4.82. The Hall–Kier alpha value is -1.56. The van der Waals surface area contributed by atoms with Crippen LogP contribution in [0.25, 0.3) is 0 Å². The van der Waals surface area contributed by atoms with Gasteiger partial charge in [-0.25, -0.2) is 8.42 Å². The van der Waals surface area contributed by atoms with Gasteiger partial charge in [-0.15, -0.1) is 0 Å². The molecule has 0 aliphatic heterocycles. The Morgan fingerprint density at radius 3 is 2.16 bits per heavy atom. The highest BCUT2D eigenvalue weighted by atomic mass is 32.2. The van der Waals surface area contributed by atoms with Gasteiger partial charge in [0.25, 0.3) is 10.0 Å². The molecular weight excluding hydrogens is 266 g/mol. The number of rotatable bonds is 4. The highest BCUT2D eigenvalue weighted by Gasteiger charge is 2.27. The summed E-state index contributed by atoms with van der Waals surface area (Å²) in [5, 5.41) is 0. The number of sulfonamides is 1. The van der Waals surface area contributed by atoms with Crippen LogP contribution in [-0.4, -0.2) is 33.6 Å². The van der Waals surface area contributed by atoms with Crippen LogP contribution in [-0.2, 0) is 10.0 Å². The highest BCUT2D eigenvalue weighted by Crippen LogP contribution is 2.27. The van der Waals surface area contributed by atoms with E-state index in [-0.39, 0.29) is 0 Å². The number of methoxy groups -OCH3 is 2. The molecule has 6 heteroatoms. The van der Waals surface area contributed by atoms with Crippen molar-refractivity contribution in [2.75, 3.05) is 14.2 Å². The molecule has 0 bridgehead atoms. The third-order valence-corrected chi connectivity index (χ3v) is 4.45. The molecule has 5 nitrogen and oxygen atoms in total. The van der Waals surface area contributed by atoms with Crippen LogP contribution in [0.5, 0.6) is 11.5 Å². The van der Waals surface area contributed by atoms with E-state index in [1.807, 2.05) is 0 Å². The molecule has 19 heavy (non-hydrogen) atoms. The molecule has 0 radical (unpaired) electrons. The van der Waals surface area contributed by atoms with Crippen LogP contribution in [0.15, 0.2) is 22.6 Å². The van der Waals surface area contributed by atoms with Gasteiger partial charge in [0.15, 0.2) is 11.5 Å². The van der Waals surface area contributed by atoms with E-state index >= 15 is 0 Å². The lowest BCUT2D eigenvalue weighted by Gasteiger charge is -2.14. The fraction of sp³-hybridized carbons (Fsp3) is 0.462. The Morgan fingerprint density at radius 1 is 1.11 bits per heavy atom. The number of hydrogen-bond donors (Lipinski definition) is 0. The zero-order chi connectivity index (χ0) is 14.7. The number of benzene rings is 1. The quantitative estimate of drug-likeness (QED) is 0.796. The first kappa shape index (κ1) is 15.5. The van der Waals surface area contributed by atoms with Gasteiger partial charge >= 0.3 is 0 Å². The van der Waals surface area contributed by atoms with Crippen molar-refractivity contribution in [2.45, 2.75) is 25.5 Å². The van der Waals surface area contributed by atoms with Crippen molar-refractivity contribution in [3.63, 3.8) is 0 Å². The molecule has 0 aliphatic rings. The van der Waals surface area contributed by atoms with Gasteiger partial charge in [-0.3, -0.25) is 0 Å². The Kier molecular flexibility index (Phi) is 4.57. The zero-order valence-corrected chi connectivity index (χ0v) is 12.6. The molecule has 0 saturated carbocycles. The first-order valence-corrected chi connectivity index (χ1v) is 7.17. The van der Waals surface area contributed by atoms with E-state index in [1.165, 1.54) is 20.4 Å². The second-order valence-corrected chi connectivity index (χ2v) is 7.32. The minimum Gasteiger partial charge on any atom is -0.493 e. The van der Waals surface area contributed by atoms with Crippen molar-refractivity contribution in [3.8, 4) is 11.5 Å². The Bertz CT molecular complexity index is 571. The summed E-state index contributed by atoms with van der Waals surface area (Å²) >= 11 is 0. The predicted octanol–water partition coefficient (Wildman–Crippen LogP) is 2.25. The SMILES string of the molecule is COc1ccc(/C=N/S(=O)(=O)C(C)(C)C)cc1OC. The van der Waals surface area contributed by atoms with Crippen LogP contribution in [0.2, 0.25) is 0 Å². The van der Waals surface area contributed by atoms with E-state index in [0.29, 0.717) is 17.1 Å². The first-order chi connectivity index (χ1) is 8.71. The van der Waals surface area contributed by atoms with Gasteiger partial charge in [0.05, 0.1) is 19.0 Å². The summed E-state index contributed by atoms with van der Waals surface area (Å²) in [5.74, 6) is 1.11. The summed E-state index contributed by atoms with van der Waals surface area (Å²) in [6, 6.07) is 5.08. The average molecular weight is 285 g/mol. The average Bonchev–Trinajstić information content (AvgIpc) is 2.34. The summed E-state index contributed by atoms with van der Waals surface area (Å²) in [7, 11) is -0.478. The number of ether oxygens (including phenoxy) is 2. The molecular formula is C13H19NO4S. The molecule has 0 atom stereocenters. The molecule has 0 unspecified atom stereocenters. The van der Waals surface area contributed by atoms with Gasteiger partial charge < -0.3 is 9.47 Å². The second-order valence-electron chi connectivity index (χ2n) is 4.94. The monoisotopic (exact) mass is 285 g/mol. The maximum absolute atomic E-state index is 11.8. The molecule has 0 N–H and O–H groups in total. The second kappa shape index (κ2) is 5.61. The minimum atomic E-state index is -3.53. The van der Waals surface area contributed by atoms with Crippen LogP contribution < -0.4 is 9.47 Å². The van der Waals surface area contributed by atoms with Crippen LogP contribution in [0, 0.1) is 0 Å². The molecule has 0 fully saturated rings. The van der Waals surface area contributed by atoms with Crippen molar-refractivity contribution in [1.82, 2.24) is 0 Å². The van der Waals surface area contributed by atoms with Crippen LogP contribution in [0.1, 0.15) is 26.3 Å². The standard InChI is InChI=1S/C13H19NO4S/c1-13(2,3)19(15,16)14-9-10-6-7-11(17-4)12(8-10)18-5/h6-9H,1-5H3/b14-9+.